The summed E-state index contributed by atoms with van der Waals surface area (Å²) >= 11 is 0. The molecule has 1 aliphatic heterocycles. The summed E-state index contributed by atoms with van der Waals surface area (Å²) in [4.78, 5) is 2.44. The van der Waals surface area contributed by atoms with Gasteiger partial charge in [0, 0.05) is 12.1 Å². The minimum absolute atomic E-state index is 0.403. The Labute approximate surface area is 69.8 Å². The van der Waals surface area contributed by atoms with E-state index in [0.29, 0.717) is 5.54 Å². The molecule has 1 unspecified atom stereocenters. The molecule has 1 heterocycles. The van der Waals surface area contributed by atoms with Gasteiger partial charge in [0.05, 0.1) is 0 Å². The fraction of sp³-hybridized carbons (Fsp3) is 1.00. The molecule has 1 atom stereocenters. The van der Waals surface area contributed by atoms with E-state index in [4.69, 9.17) is 5.73 Å². The zero-order chi connectivity index (χ0) is 8.48. The zero-order valence-corrected chi connectivity index (χ0v) is 7.93. The topological polar surface area (TPSA) is 29.3 Å². The normalized spacial score (nSPS) is 31.1. The molecule has 1 fully saturated rings. The van der Waals surface area contributed by atoms with Crippen molar-refractivity contribution < 1.29 is 0 Å². The highest BCUT2D eigenvalue weighted by atomic mass is 15.2. The first-order valence-corrected chi connectivity index (χ1v) is 4.47. The van der Waals surface area contributed by atoms with Crippen LogP contribution < -0.4 is 5.73 Å². The van der Waals surface area contributed by atoms with Gasteiger partial charge >= 0.3 is 0 Å². The van der Waals surface area contributed by atoms with Gasteiger partial charge < -0.3 is 10.6 Å². The van der Waals surface area contributed by atoms with Crippen LogP contribution >= 0.6 is 0 Å². The SMILES string of the molecule is CN1CC(CCN)CC1(C)C. The van der Waals surface area contributed by atoms with Crippen molar-refractivity contribution in [3.05, 3.63) is 0 Å². The Balaban J connectivity index is 2.43. The van der Waals surface area contributed by atoms with Crippen molar-refractivity contribution >= 4 is 0 Å². The number of hydrogen-bond acceptors (Lipinski definition) is 2. The average molecular weight is 156 g/mol. The Morgan fingerprint density at radius 3 is 2.55 bits per heavy atom. The van der Waals surface area contributed by atoms with Gasteiger partial charge in [-0.25, -0.2) is 0 Å². The molecule has 1 aliphatic rings. The lowest BCUT2D eigenvalue weighted by Gasteiger charge is -2.26. The van der Waals surface area contributed by atoms with Crippen LogP contribution in [0.25, 0.3) is 0 Å². The van der Waals surface area contributed by atoms with Gasteiger partial charge in [0.25, 0.3) is 0 Å². The van der Waals surface area contributed by atoms with E-state index in [-0.39, 0.29) is 0 Å². The zero-order valence-electron chi connectivity index (χ0n) is 7.93. The molecular weight excluding hydrogens is 136 g/mol. The number of hydrogen-bond donors (Lipinski definition) is 1. The maximum Gasteiger partial charge on any atom is 0.0153 e. The average Bonchev–Trinajstić information content (AvgIpc) is 2.08. The lowest BCUT2D eigenvalue weighted by atomic mass is 9.94. The minimum atomic E-state index is 0.403. The molecule has 0 aromatic rings. The highest BCUT2D eigenvalue weighted by Gasteiger charge is 2.34. The van der Waals surface area contributed by atoms with Gasteiger partial charge in [-0.15, -0.1) is 0 Å². The summed E-state index contributed by atoms with van der Waals surface area (Å²) in [6.07, 6.45) is 2.49. The molecule has 0 aromatic heterocycles. The summed E-state index contributed by atoms with van der Waals surface area (Å²) in [5, 5.41) is 0. The summed E-state index contributed by atoms with van der Waals surface area (Å²) in [6.45, 7) is 6.69. The largest absolute Gasteiger partial charge is 0.330 e. The van der Waals surface area contributed by atoms with E-state index in [1.54, 1.807) is 0 Å². The van der Waals surface area contributed by atoms with Crippen LogP contribution in [0.3, 0.4) is 0 Å². The first-order chi connectivity index (χ1) is 5.06. The quantitative estimate of drug-likeness (QED) is 0.648. The molecule has 11 heavy (non-hydrogen) atoms. The summed E-state index contributed by atoms with van der Waals surface area (Å²) < 4.78 is 0. The molecule has 0 amide bonds. The molecule has 66 valence electrons. The van der Waals surface area contributed by atoms with Gasteiger partial charge in [-0.05, 0) is 46.2 Å². The van der Waals surface area contributed by atoms with Gasteiger partial charge in [-0.3, -0.25) is 0 Å². The van der Waals surface area contributed by atoms with Crippen molar-refractivity contribution in [2.24, 2.45) is 11.7 Å². The summed E-state index contributed by atoms with van der Waals surface area (Å²) in [6, 6.07) is 0. The molecule has 1 saturated heterocycles. The molecule has 0 radical (unpaired) electrons. The van der Waals surface area contributed by atoms with Gasteiger partial charge in [-0.2, -0.15) is 0 Å². The predicted molar refractivity (Wildman–Crippen MR) is 48.5 cm³/mol. The van der Waals surface area contributed by atoms with Crippen molar-refractivity contribution in [3.63, 3.8) is 0 Å². The third-order valence-electron chi connectivity index (χ3n) is 2.93. The first kappa shape index (κ1) is 9.01. The Bertz CT molecular complexity index is 132. The van der Waals surface area contributed by atoms with Crippen LogP contribution in [-0.4, -0.2) is 30.6 Å². The number of rotatable bonds is 2. The van der Waals surface area contributed by atoms with Crippen LogP contribution in [0.2, 0.25) is 0 Å². The van der Waals surface area contributed by atoms with Crippen molar-refractivity contribution in [2.45, 2.75) is 32.2 Å². The highest BCUT2D eigenvalue weighted by molar-refractivity contribution is 4.90. The van der Waals surface area contributed by atoms with Crippen molar-refractivity contribution in [1.82, 2.24) is 4.90 Å². The molecular formula is C9H20N2. The summed E-state index contributed by atoms with van der Waals surface area (Å²) in [5.74, 6) is 0.833. The molecule has 2 heteroatoms. The molecule has 0 aromatic carbocycles. The number of likely N-dealkylation sites (tertiary alicyclic amines) is 1. The number of nitrogens with zero attached hydrogens (tertiary/aromatic N) is 1. The minimum Gasteiger partial charge on any atom is -0.330 e. The maximum atomic E-state index is 5.52. The molecule has 0 saturated carbocycles. The van der Waals surface area contributed by atoms with Gasteiger partial charge in [0.2, 0.25) is 0 Å². The Kier molecular flexibility index (Phi) is 2.55. The van der Waals surface area contributed by atoms with E-state index in [1.807, 2.05) is 0 Å². The monoisotopic (exact) mass is 156 g/mol. The van der Waals surface area contributed by atoms with Crippen LogP contribution in [0, 0.1) is 5.92 Å². The van der Waals surface area contributed by atoms with E-state index >= 15 is 0 Å². The van der Waals surface area contributed by atoms with E-state index in [1.165, 1.54) is 19.4 Å². The van der Waals surface area contributed by atoms with E-state index < -0.39 is 0 Å². The van der Waals surface area contributed by atoms with E-state index in [0.717, 1.165) is 12.5 Å². The molecule has 2 N–H and O–H groups in total. The summed E-state index contributed by atoms with van der Waals surface area (Å²) in [5.41, 5.74) is 5.93. The maximum absolute atomic E-state index is 5.52. The lowest BCUT2D eigenvalue weighted by molar-refractivity contribution is 0.218. The Hall–Kier alpha value is -0.0800. The van der Waals surface area contributed by atoms with Crippen LogP contribution in [0.1, 0.15) is 26.7 Å². The van der Waals surface area contributed by atoms with Crippen molar-refractivity contribution in [1.29, 1.82) is 0 Å². The van der Waals surface area contributed by atoms with Crippen molar-refractivity contribution in [2.75, 3.05) is 20.1 Å². The second kappa shape index (κ2) is 3.11. The molecule has 0 spiro atoms. The molecule has 0 aliphatic carbocycles. The van der Waals surface area contributed by atoms with Crippen LogP contribution in [0.4, 0.5) is 0 Å². The van der Waals surface area contributed by atoms with Crippen LogP contribution in [0.15, 0.2) is 0 Å². The van der Waals surface area contributed by atoms with E-state index in [9.17, 15) is 0 Å². The highest BCUT2D eigenvalue weighted by Crippen LogP contribution is 2.32. The smallest absolute Gasteiger partial charge is 0.0153 e. The molecule has 0 bridgehead atoms. The molecule has 1 rings (SSSR count). The van der Waals surface area contributed by atoms with Gasteiger partial charge in [0.15, 0.2) is 0 Å². The second-order valence-electron chi connectivity index (χ2n) is 4.34. The predicted octanol–water partition coefficient (Wildman–Crippen LogP) is 1.07. The third-order valence-corrected chi connectivity index (χ3v) is 2.93. The van der Waals surface area contributed by atoms with Crippen LogP contribution in [-0.2, 0) is 0 Å². The molecule has 2 nitrogen and oxygen atoms in total. The lowest BCUT2D eigenvalue weighted by Crippen LogP contribution is -2.34. The number of nitrogens with two attached hydrogens (primary N) is 1. The standard InChI is InChI=1S/C9H20N2/c1-9(2)6-8(4-5-10)7-11(9)3/h8H,4-7,10H2,1-3H3. The third kappa shape index (κ3) is 1.94. The van der Waals surface area contributed by atoms with E-state index in [2.05, 4.69) is 25.8 Å². The van der Waals surface area contributed by atoms with Crippen LogP contribution in [0.5, 0.6) is 0 Å². The Morgan fingerprint density at radius 1 is 1.55 bits per heavy atom. The fourth-order valence-corrected chi connectivity index (χ4v) is 1.99. The van der Waals surface area contributed by atoms with Gasteiger partial charge in [-0.1, -0.05) is 0 Å². The van der Waals surface area contributed by atoms with Gasteiger partial charge in [0.1, 0.15) is 0 Å². The van der Waals surface area contributed by atoms with Crippen molar-refractivity contribution in [3.8, 4) is 0 Å². The second-order valence-corrected chi connectivity index (χ2v) is 4.34. The summed E-state index contributed by atoms with van der Waals surface area (Å²) in [7, 11) is 2.20. The fourth-order valence-electron chi connectivity index (χ4n) is 1.99. The first-order valence-electron chi connectivity index (χ1n) is 4.47. The Morgan fingerprint density at radius 2 is 2.18 bits per heavy atom.